The largest absolute Gasteiger partial charge is 0.493 e. The number of hydrogen-bond donors (Lipinski definition) is 1. The molecule has 2 aliphatic heterocycles. The smallest absolute Gasteiger partial charge is 0.343 e. The van der Waals surface area contributed by atoms with Gasteiger partial charge in [-0.15, -0.1) is 0 Å². The van der Waals surface area contributed by atoms with Crippen LogP contribution in [0.25, 0.3) is 22.3 Å². The van der Waals surface area contributed by atoms with Crippen LogP contribution >= 0.6 is 0 Å². The summed E-state index contributed by atoms with van der Waals surface area (Å²) in [6.45, 7) is 5.57. The quantitative estimate of drug-likeness (QED) is 0.217. The number of ether oxygens (including phenoxy) is 2. The van der Waals surface area contributed by atoms with E-state index in [0.717, 1.165) is 34.2 Å². The van der Waals surface area contributed by atoms with Crippen molar-refractivity contribution in [2.45, 2.75) is 84.1 Å². The number of rotatable bonds is 11. The van der Waals surface area contributed by atoms with Gasteiger partial charge in [0.2, 0.25) is 0 Å². The van der Waals surface area contributed by atoms with Gasteiger partial charge < -0.3 is 24.0 Å². The second-order valence-electron chi connectivity index (χ2n) is 11.1. The molecule has 0 radical (unpaired) electrons. The first kappa shape index (κ1) is 27.3. The van der Waals surface area contributed by atoms with Crippen molar-refractivity contribution >= 4 is 16.9 Å². The molecule has 2 aliphatic rings. The first-order chi connectivity index (χ1) is 18.8. The van der Waals surface area contributed by atoms with Crippen molar-refractivity contribution in [1.29, 1.82) is 0 Å². The van der Waals surface area contributed by atoms with Gasteiger partial charge >= 0.3 is 5.97 Å². The molecule has 0 spiro atoms. The van der Waals surface area contributed by atoms with E-state index in [9.17, 15) is 14.7 Å². The summed E-state index contributed by atoms with van der Waals surface area (Å²) < 4.78 is 13.1. The zero-order valence-electron chi connectivity index (χ0n) is 23.5. The standard InChI is InChI=1S/C31H39N3O5/c1-5-7-8-9-10-11-14-38-27-13-12-25-21(22(27)18-33(3)4)15-20-17-34-26(28(20)32-25)16-24-23(29(34)35)19-39-30(36)31(24,37)6-2/h12-13,15-16,37H,5-11,14,17-19H2,1-4H3/t31-/m0/s1. The van der Waals surface area contributed by atoms with Crippen LogP contribution in [0.5, 0.6) is 5.75 Å². The van der Waals surface area contributed by atoms with Crippen molar-refractivity contribution in [2.24, 2.45) is 0 Å². The van der Waals surface area contributed by atoms with E-state index in [1.54, 1.807) is 17.6 Å². The van der Waals surface area contributed by atoms with Crippen molar-refractivity contribution in [3.8, 4) is 17.1 Å². The maximum atomic E-state index is 13.5. The fraction of sp³-hybridized carbons (Fsp3) is 0.516. The third-order valence-corrected chi connectivity index (χ3v) is 7.99. The number of aromatic nitrogens is 2. The molecule has 4 heterocycles. The Hall–Kier alpha value is -3.23. The molecule has 1 atom stereocenters. The molecule has 0 saturated heterocycles. The van der Waals surface area contributed by atoms with Gasteiger partial charge in [0.1, 0.15) is 12.4 Å². The summed E-state index contributed by atoms with van der Waals surface area (Å²) in [7, 11) is 4.07. The molecule has 3 aromatic rings. The molecule has 8 nitrogen and oxygen atoms in total. The first-order valence-corrected chi connectivity index (χ1v) is 14.2. The maximum absolute atomic E-state index is 13.5. The number of pyridine rings is 2. The van der Waals surface area contributed by atoms with Gasteiger partial charge in [0.15, 0.2) is 5.60 Å². The number of benzene rings is 1. The Morgan fingerprint density at radius 2 is 1.87 bits per heavy atom. The number of unbranched alkanes of at least 4 members (excludes halogenated alkanes) is 5. The van der Waals surface area contributed by atoms with E-state index in [0.29, 0.717) is 42.2 Å². The minimum atomic E-state index is -1.83. The number of cyclic esters (lactones) is 1. The number of esters is 1. The number of aliphatic hydroxyl groups is 1. The summed E-state index contributed by atoms with van der Waals surface area (Å²) in [5.74, 6) is 0.159. The minimum absolute atomic E-state index is 0.120. The van der Waals surface area contributed by atoms with Gasteiger partial charge in [0.05, 0.1) is 35.6 Å². The number of fused-ring (bicyclic) bond motifs is 5. The molecule has 0 unspecified atom stereocenters. The monoisotopic (exact) mass is 533 g/mol. The summed E-state index contributed by atoms with van der Waals surface area (Å²) in [6, 6.07) is 7.85. The Morgan fingerprint density at radius 3 is 2.62 bits per heavy atom. The second-order valence-corrected chi connectivity index (χ2v) is 11.1. The molecule has 5 rings (SSSR count). The molecule has 0 aliphatic carbocycles. The lowest BCUT2D eigenvalue weighted by molar-refractivity contribution is -0.172. The fourth-order valence-corrected chi connectivity index (χ4v) is 5.77. The molecule has 0 saturated carbocycles. The van der Waals surface area contributed by atoms with Gasteiger partial charge in [0.25, 0.3) is 5.56 Å². The number of nitrogens with zero attached hydrogens (tertiary/aromatic N) is 3. The zero-order valence-corrected chi connectivity index (χ0v) is 23.5. The van der Waals surface area contributed by atoms with Gasteiger partial charge in [-0.1, -0.05) is 46.0 Å². The topological polar surface area (TPSA) is 93.9 Å². The highest BCUT2D eigenvalue weighted by Gasteiger charge is 2.45. The van der Waals surface area contributed by atoms with Crippen LogP contribution < -0.4 is 10.3 Å². The van der Waals surface area contributed by atoms with E-state index < -0.39 is 11.6 Å². The Kier molecular flexibility index (Phi) is 7.78. The highest BCUT2D eigenvalue weighted by molar-refractivity contribution is 5.89. The van der Waals surface area contributed by atoms with Crippen LogP contribution in [-0.2, 0) is 34.8 Å². The second kappa shape index (κ2) is 11.1. The van der Waals surface area contributed by atoms with Crippen LogP contribution in [0.15, 0.2) is 29.1 Å². The Bertz CT molecular complexity index is 1460. The summed E-state index contributed by atoms with van der Waals surface area (Å²) >= 11 is 0. The summed E-state index contributed by atoms with van der Waals surface area (Å²) in [6.07, 6.45) is 7.39. The van der Waals surface area contributed by atoms with Crippen LogP contribution in [0.4, 0.5) is 0 Å². The molecular formula is C31H39N3O5. The lowest BCUT2D eigenvalue weighted by atomic mass is 9.86. The normalized spacial score (nSPS) is 17.7. The molecule has 0 fully saturated rings. The molecule has 1 aromatic carbocycles. The van der Waals surface area contributed by atoms with Gasteiger partial charge in [-0.3, -0.25) is 4.79 Å². The highest BCUT2D eigenvalue weighted by atomic mass is 16.6. The maximum Gasteiger partial charge on any atom is 0.343 e. The number of carbonyl (C=O) groups is 1. The summed E-state index contributed by atoms with van der Waals surface area (Å²) in [5, 5.41) is 12.1. The predicted octanol–water partition coefficient (Wildman–Crippen LogP) is 4.88. The predicted molar refractivity (Wildman–Crippen MR) is 151 cm³/mol. The molecule has 8 heteroatoms. The Morgan fingerprint density at radius 1 is 1.10 bits per heavy atom. The third-order valence-electron chi connectivity index (χ3n) is 7.99. The van der Waals surface area contributed by atoms with Crippen LogP contribution in [0.1, 0.15) is 81.0 Å². The van der Waals surface area contributed by atoms with Crippen molar-refractivity contribution < 1.29 is 19.4 Å². The van der Waals surface area contributed by atoms with Crippen molar-refractivity contribution in [2.75, 3.05) is 20.7 Å². The van der Waals surface area contributed by atoms with Crippen LogP contribution in [0, 0.1) is 0 Å². The lowest BCUT2D eigenvalue weighted by Crippen LogP contribution is -2.44. The highest BCUT2D eigenvalue weighted by Crippen LogP contribution is 2.40. The van der Waals surface area contributed by atoms with Gasteiger partial charge in [-0.05, 0) is 51.2 Å². The molecule has 39 heavy (non-hydrogen) atoms. The minimum Gasteiger partial charge on any atom is -0.493 e. The Labute approximate surface area is 229 Å². The van der Waals surface area contributed by atoms with E-state index in [2.05, 4.69) is 17.9 Å². The van der Waals surface area contributed by atoms with Gasteiger partial charge in [0, 0.05) is 28.6 Å². The average molecular weight is 534 g/mol. The number of carbonyl (C=O) groups excluding carboxylic acids is 1. The molecule has 0 amide bonds. The van der Waals surface area contributed by atoms with Crippen molar-refractivity contribution in [1.82, 2.24) is 14.5 Å². The summed E-state index contributed by atoms with van der Waals surface area (Å²) in [4.78, 5) is 33.0. The molecule has 1 N–H and O–H groups in total. The average Bonchev–Trinajstić information content (AvgIpc) is 3.28. The van der Waals surface area contributed by atoms with E-state index in [4.69, 9.17) is 14.5 Å². The van der Waals surface area contributed by atoms with Gasteiger partial charge in [-0.2, -0.15) is 0 Å². The SMILES string of the molecule is CCCCCCCCOc1ccc2nc3c(cc2c1CN(C)C)Cn1c-3cc2c(c1=O)COC(=O)[C@]2(O)CC. The lowest BCUT2D eigenvalue weighted by Gasteiger charge is -2.31. The van der Waals surface area contributed by atoms with E-state index in [1.165, 1.54) is 32.1 Å². The van der Waals surface area contributed by atoms with Gasteiger partial charge in [-0.25, -0.2) is 9.78 Å². The molecule has 2 aromatic heterocycles. The zero-order chi connectivity index (χ0) is 27.7. The van der Waals surface area contributed by atoms with Crippen molar-refractivity contribution in [3.05, 3.63) is 56.9 Å². The fourth-order valence-electron chi connectivity index (χ4n) is 5.77. The molecular weight excluding hydrogens is 494 g/mol. The van der Waals surface area contributed by atoms with Crippen LogP contribution in [0.3, 0.4) is 0 Å². The van der Waals surface area contributed by atoms with Crippen LogP contribution in [-0.4, -0.2) is 46.2 Å². The first-order valence-electron chi connectivity index (χ1n) is 14.2. The van der Waals surface area contributed by atoms with Crippen LogP contribution in [0.2, 0.25) is 0 Å². The third kappa shape index (κ3) is 4.96. The molecule has 208 valence electrons. The van der Waals surface area contributed by atoms with E-state index in [-0.39, 0.29) is 18.6 Å². The molecule has 0 bridgehead atoms. The van der Waals surface area contributed by atoms with Crippen molar-refractivity contribution in [3.63, 3.8) is 0 Å². The summed E-state index contributed by atoms with van der Waals surface area (Å²) in [5.41, 5.74) is 2.75. The Balaban J connectivity index is 1.51. The van der Waals surface area contributed by atoms with E-state index in [1.807, 2.05) is 26.2 Å². The number of hydrogen-bond acceptors (Lipinski definition) is 7. The van der Waals surface area contributed by atoms with E-state index >= 15 is 0 Å².